The number of rotatable bonds is 4. The summed E-state index contributed by atoms with van der Waals surface area (Å²) in [5.74, 6) is 1.83. The predicted octanol–water partition coefficient (Wildman–Crippen LogP) is 5.43. The van der Waals surface area contributed by atoms with Crippen molar-refractivity contribution in [1.82, 2.24) is 0 Å². The Hall–Kier alpha value is -0.990. The number of halogens is 1. The highest BCUT2D eigenvalue weighted by Crippen LogP contribution is 2.38. The van der Waals surface area contributed by atoms with Crippen LogP contribution >= 0.6 is 11.6 Å². The van der Waals surface area contributed by atoms with Gasteiger partial charge in [-0.25, -0.2) is 0 Å². The van der Waals surface area contributed by atoms with Gasteiger partial charge in [0.05, 0.1) is 5.76 Å². The van der Waals surface area contributed by atoms with Gasteiger partial charge in [-0.2, -0.15) is 0 Å². The van der Waals surface area contributed by atoms with Gasteiger partial charge in [0, 0.05) is 11.4 Å². The zero-order chi connectivity index (χ0) is 15.7. The number of aliphatic hydroxyl groups is 1. The molecule has 21 heavy (non-hydrogen) atoms. The smallest absolute Gasteiger partial charge is 0.0885 e. The molecular weight excluding hydrogens is 282 g/mol. The topological polar surface area (TPSA) is 46.2 Å². The van der Waals surface area contributed by atoms with Gasteiger partial charge in [-0.1, -0.05) is 37.1 Å². The van der Waals surface area contributed by atoms with Gasteiger partial charge in [0.2, 0.25) is 0 Å². The molecule has 0 amide bonds. The van der Waals surface area contributed by atoms with Crippen molar-refractivity contribution >= 4 is 11.6 Å². The third-order valence-electron chi connectivity index (χ3n) is 4.06. The summed E-state index contributed by atoms with van der Waals surface area (Å²) in [5, 5.41) is 10.6. The van der Waals surface area contributed by atoms with Gasteiger partial charge in [-0.3, -0.25) is 0 Å². The Kier molecular flexibility index (Phi) is 8.48. The molecule has 1 aromatic carbocycles. The molecule has 1 aromatic rings. The molecule has 0 radical (unpaired) electrons. The lowest BCUT2D eigenvalue weighted by molar-refractivity contribution is 0.276. The maximum atomic E-state index is 9.84. The maximum Gasteiger partial charge on any atom is 0.0885 e. The van der Waals surface area contributed by atoms with Crippen LogP contribution in [0.2, 0.25) is 5.02 Å². The third-order valence-corrected chi connectivity index (χ3v) is 4.31. The minimum Gasteiger partial charge on any atom is -0.513 e. The van der Waals surface area contributed by atoms with E-state index >= 15 is 0 Å². The van der Waals surface area contributed by atoms with Crippen LogP contribution in [0.5, 0.6) is 0 Å². The predicted molar refractivity (Wildman–Crippen MR) is 91.9 cm³/mol. The highest BCUT2D eigenvalue weighted by atomic mass is 35.5. The van der Waals surface area contributed by atoms with Gasteiger partial charge in [0.15, 0.2) is 0 Å². The van der Waals surface area contributed by atoms with E-state index in [0.717, 1.165) is 17.9 Å². The molecule has 0 spiro atoms. The van der Waals surface area contributed by atoms with Crippen molar-refractivity contribution < 1.29 is 5.11 Å². The van der Waals surface area contributed by atoms with Crippen LogP contribution in [0.1, 0.15) is 56.9 Å². The van der Waals surface area contributed by atoms with Crippen LogP contribution in [-0.2, 0) is 0 Å². The minimum absolute atomic E-state index is 0.573. The minimum atomic E-state index is 0.573. The average Bonchev–Trinajstić information content (AvgIpc) is 2.50. The van der Waals surface area contributed by atoms with Crippen molar-refractivity contribution in [3.05, 3.63) is 46.7 Å². The SMILES string of the molecule is CC/C=C(/O)CC1CCCC(c2ccc(Cl)cc2)C1.CN. The first kappa shape index (κ1) is 18.1. The van der Waals surface area contributed by atoms with Crippen LogP contribution in [0.15, 0.2) is 36.1 Å². The van der Waals surface area contributed by atoms with Crippen molar-refractivity contribution in [2.24, 2.45) is 11.7 Å². The number of nitrogens with two attached hydrogens (primary N) is 1. The second kappa shape index (κ2) is 9.86. The molecule has 0 aromatic heterocycles. The largest absolute Gasteiger partial charge is 0.513 e. The summed E-state index contributed by atoms with van der Waals surface area (Å²) in [5.41, 5.74) is 5.90. The number of hydrogen-bond acceptors (Lipinski definition) is 2. The summed E-state index contributed by atoms with van der Waals surface area (Å²) >= 11 is 5.94. The Morgan fingerprint density at radius 1 is 1.29 bits per heavy atom. The molecule has 118 valence electrons. The molecule has 1 saturated carbocycles. The Labute approximate surface area is 134 Å². The van der Waals surface area contributed by atoms with Gasteiger partial charge in [-0.05, 0) is 68.3 Å². The van der Waals surface area contributed by atoms with Crippen molar-refractivity contribution in [3.8, 4) is 0 Å². The number of benzene rings is 1. The molecule has 1 fully saturated rings. The number of hydrogen-bond donors (Lipinski definition) is 2. The van der Waals surface area contributed by atoms with E-state index in [4.69, 9.17) is 11.6 Å². The first-order valence-corrected chi connectivity index (χ1v) is 8.28. The Morgan fingerprint density at radius 3 is 2.57 bits per heavy atom. The zero-order valence-electron chi connectivity index (χ0n) is 13.2. The third kappa shape index (κ3) is 6.11. The van der Waals surface area contributed by atoms with Crippen molar-refractivity contribution in [2.75, 3.05) is 7.05 Å². The van der Waals surface area contributed by atoms with Crippen LogP contribution in [0.25, 0.3) is 0 Å². The summed E-state index contributed by atoms with van der Waals surface area (Å²) in [6, 6.07) is 8.26. The quantitative estimate of drug-likeness (QED) is 0.728. The normalized spacial score (nSPS) is 22.4. The first-order valence-electron chi connectivity index (χ1n) is 7.90. The van der Waals surface area contributed by atoms with Crippen LogP contribution in [-0.4, -0.2) is 12.2 Å². The van der Waals surface area contributed by atoms with Crippen molar-refractivity contribution in [2.45, 2.75) is 51.4 Å². The molecule has 1 aliphatic rings. The molecule has 2 nitrogen and oxygen atoms in total. The molecule has 0 aliphatic heterocycles. The maximum absolute atomic E-state index is 9.84. The van der Waals surface area contributed by atoms with Crippen molar-refractivity contribution in [1.29, 1.82) is 0 Å². The lowest BCUT2D eigenvalue weighted by Gasteiger charge is -2.29. The standard InChI is InChI=1S/C17H23ClO.CH5N/c1-2-4-17(19)12-13-5-3-6-15(11-13)14-7-9-16(18)10-8-14;1-2/h4,7-10,13,15,19H,2-3,5-6,11-12H2,1H3;2H2,1H3/b17-4+;. The van der Waals surface area contributed by atoms with E-state index in [9.17, 15) is 5.11 Å². The van der Waals surface area contributed by atoms with E-state index < -0.39 is 0 Å². The summed E-state index contributed by atoms with van der Waals surface area (Å²) in [6.45, 7) is 2.06. The molecule has 1 aliphatic carbocycles. The Bertz CT molecular complexity index is 427. The monoisotopic (exact) mass is 309 g/mol. The van der Waals surface area contributed by atoms with Crippen LogP contribution < -0.4 is 5.73 Å². The van der Waals surface area contributed by atoms with E-state index in [-0.39, 0.29) is 0 Å². The number of allylic oxidation sites excluding steroid dienone is 2. The van der Waals surface area contributed by atoms with Crippen LogP contribution in [0.4, 0.5) is 0 Å². The van der Waals surface area contributed by atoms with Gasteiger partial charge < -0.3 is 10.8 Å². The van der Waals surface area contributed by atoms with E-state index in [0.29, 0.717) is 17.6 Å². The Balaban J connectivity index is 0.00000106. The van der Waals surface area contributed by atoms with E-state index in [1.54, 1.807) is 0 Å². The van der Waals surface area contributed by atoms with Crippen LogP contribution in [0, 0.1) is 5.92 Å². The summed E-state index contributed by atoms with van der Waals surface area (Å²) in [4.78, 5) is 0. The van der Waals surface area contributed by atoms with Gasteiger partial charge in [0.25, 0.3) is 0 Å². The average molecular weight is 310 g/mol. The van der Waals surface area contributed by atoms with E-state index in [1.807, 2.05) is 18.2 Å². The highest BCUT2D eigenvalue weighted by Gasteiger charge is 2.23. The fourth-order valence-electron chi connectivity index (χ4n) is 3.13. The molecule has 2 rings (SSSR count). The fraction of sp³-hybridized carbons (Fsp3) is 0.556. The summed E-state index contributed by atoms with van der Waals surface area (Å²) < 4.78 is 0. The van der Waals surface area contributed by atoms with Gasteiger partial charge in [-0.15, -0.1) is 0 Å². The van der Waals surface area contributed by atoms with Gasteiger partial charge >= 0.3 is 0 Å². The lowest BCUT2D eigenvalue weighted by Crippen LogP contribution is -2.15. The van der Waals surface area contributed by atoms with E-state index in [2.05, 4.69) is 24.8 Å². The molecule has 3 heteroatoms. The second-order valence-corrected chi connectivity index (χ2v) is 6.03. The fourth-order valence-corrected chi connectivity index (χ4v) is 3.25. The van der Waals surface area contributed by atoms with Gasteiger partial charge in [0.1, 0.15) is 0 Å². The Morgan fingerprint density at radius 2 is 1.95 bits per heavy atom. The van der Waals surface area contributed by atoms with Crippen LogP contribution in [0.3, 0.4) is 0 Å². The van der Waals surface area contributed by atoms with E-state index in [1.165, 1.54) is 38.3 Å². The summed E-state index contributed by atoms with van der Waals surface area (Å²) in [6.07, 6.45) is 8.64. The highest BCUT2D eigenvalue weighted by molar-refractivity contribution is 6.30. The molecular formula is C18H28ClNO. The molecule has 0 saturated heterocycles. The lowest BCUT2D eigenvalue weighted by atomic mass is 9.76. The molecule has 3 N–H and O–H groups in total. The molecule has 2 unspecified atom stereocenters. The second-order valence-electron chi connectivity index (χ2n) is 5.59. The molecule has 0 bridgehead atoms. The first-order chi connectivity index (χ1) is 10.2. The zero-order valence-corrected chi connectivity index (χ0v) is 13.9. The summed E-state index contributed by atoms with van der Waals surface area (Å²) in [7, 11) is 1.50. The molecule has 0 heterocycles. The van der Waals surface area contributed by atoms with Crippen molar-refractivity contribution in [3.63, 3.8) is 0 Å². The molecule has 2 atom stereocenters. The number of aliphatic hydroxyl groups excluding tert-OH is 1.